The summed E-state index contributed by atoms with van der Waals surface area (Å²) >= 11 is 1.23. The molecule has 1 N–H and O–H groups in total. The monoisotopic (exact) mass is 444 g/mol. The number of anilines is 1. The molecule has 11 heteroatoms. The van der Waals surface area contributed by atoms with Gasteiger partial charge in [0.15, 0.2) is 6.61 Å². The number of amides is 1. The van der Waals surface area contributed by atoms with Crippen molar-refractivity contribution in [3.05, 3.63) is 50.6 Å². The van der Waals surface area contributed by atoms with Crippen LogP contribution in [-0.2, 0) is 25.6 Å². The van der Waals surface area contributed by atoms with Gasteiger partial charge in [-0.1, -0.05) is 17.3 Å². The molecule has 0 unspecified atom stereocenters. The number of carbonyl (C=O) groups is 3. The van der Waals surface area contributed by atoms with E-state index in [1.807, 2.05) is 6.92 Å². The van der Waals surface area contributed by atoms with Crippen LogP contribution in [-0.4, -0.2) is 46.6 Å². The van der Waals surface area contributed by atoms with Gasteiger partial charge >= 0.3 is 11.9 Å². The first kappa shape index (κ1) is 22.1. The number of aromatic nitrogens is 3. The van der Waals surface area contributed by atoms with E-state index in [1.54, 1.807) is 31.2 Å². The van der Waals surface area contributed by atoms with Crippen LogP contribution < -0.4 is 10.9 Å². The number of fused-ring (bicyclic) bond motifs is 1. The molecule has 3 rings (SSSR count). The fourth-order valence-electron chi connectivity index (χ4n) is 2.81. The second-order valence-corrected chi connectivity index (χ2v) is 7.80. The van der Waals surface area contributed by atoms with Gasteiger partial charge in [-0.3, -0.25) is 14.4 Å². The van der Waals surface area contributed by atoms with Gasteiger partial charge in [0, 0.05) is 4.88 Å². The molecular weight excluding hydrogens is 424 g/mol. The maximum atomic E-state index is 12.4. The largest absolute Gasteiger partial charge is 0.465 e. The third-order valence-corrected chi connectivity index (χ3v) is 5.67. The summed E-state index contributed by atoms with van der Waals surface area (Å²) in [7, 11) is 1.26. The minimum atomic E-state index is -0.677. The van der Waals surface area contributed by atoms with Crippen LogP contribution in [0.3, 0.4) is 0 Å². The zero-order valence-corrected chi connectivity index (χ0v) is 17.9. The Hall–Kier alpha value is -3.60. The molecule has 1 aromatic carbocycles. The SMILES string of the molecule is COC(=O)c1c(NC(=O)COC(=O)CCn2nnc3ccccc3c2=O)sc(C)c1C. The van der Waals surface area contributed by atoms with E-state index in [9.17, 15) is 19.2 Å². The Bertz CT molecular complexity index is 1220. The van der Waals surface area contributed by atoms with Gasteiger partial charge in [0.1, 0.15) is 10.5 Å². The fraction of sp³-hybridized carbons (Fsp3) is 0.300. The Morgan fingerprint density at radius 1 is 1.19 bits per heavy atom. The van der Waals surface area contributed by atoms with Crippen molar-refractivity contribution in [3.8, 4) is 0 Å². The van der Waals surface area contributed by atoms with E-state index >= 15 is 0 Å². The van der Waals surface area contributed by atoms with E-state index in [1.165, 1.54) is 18.4 Å². The summed E-state index contributed by atoms with van der Waals surface area (Å²) in [6.45, 7) is 3.01. The Morgan fingerprint density at radius 3 is 2.68 bits per heavy atom. The molecule has 10 nitrogen and oxygen atoms in total. The average Bonchev–Trinajstić information content (AvgIpc) is 3.04. The van der Waals surface area contributed by atoms with Gasteiger partial charge in [0.05, 0.1) is 31.0 Å². The first-order valence-corrected chi connectivity index (χ1v) is 10.1. The summed E-state index contributed by atoms with van der Waals surface area (Å²) in [6.07, 6.45) is -0.162. The summed E-state index contributed by atoms with van der Waals surface area (Å²) in [5.41, 5.74) is 1.09. The molecule has 2 aromatic heterocycles. The van der Waals surface area contributed by atoms with Gasteiger partial charge in [-0.15, -0.1) is 16.4 Å². The molecule has 0 aliphatic rings. The highest BCUT2D eigenvalue weighted by atomic mass is 32.1. The summed E-state index contributed by atoms with van der Waals surface area (Å²) in [4.78, 5) is 49.3. The quantitative estimate of drug-likeness (QED) is 0.547. The molecule has 162 valence electrons. The second-order valence-electron chi connectivity index (χ2n) is 6.57. The highest BCUT2D eigenvalue weighted by molar-refractivity contribution is 7.16. The van der Waals surface area contributed by atoms with E-state index in [2.05, 4.69) is 15.6 Å². The van der Waals surface area contributed by atoms with E-state index in [0.717, 1.165) is 9.56 Å². The lowest BCUT2D eigenvalue weighted by atomic mass is 10.1. The zero-order chi connectivity index (χ0) is 22.5. The van der Waals surface area contributed by atoms with Gasteiger partial charge < -0.3 is 14.8 Å². The summed E-state index contributed by atoms with van der Waals surface area (Å²) in [5.74, 6) is -1.83. The first-order chi connectivity index (χ1) is 14.8. The van der Waals surface area contributed by atoms with E-state index in [-0.39, 0.29) is 24.1 Å². The average molecular weight is 444 g/mol. The number of esters is 2. The molecule has 0 aliphatic heterocycles. The van der Waals surface area contributed by atoms with Crippen LogP contribution in [0.4, 0.5) is 5.00 Å². The number of methoxy groups -OCH3 is 1. The number of rotatable bonds is 7. The lowest BCUT2D eigenvalue weighted by Crippen LogP contribution is -2.26. The van der Waals surface area contributed by atoms with Crippen LogP contribution in [0.5, 0.6) is 0 Å². The predicted octanol–water partition coefficient (Wildman–Crippen LogP) is 1.83. The van der Waals surface area contributed by atoms with E-state index in [4.69, 9.17) is 9.47 Å². The van der Waals surface area contributed by atoms with Crippen molar-refractivity contribution in [1.82, 2.24) is 15.0 Å². The highest BCUT2D eigenvalue weighted by Gasteiger charge is 2.22. The molecule has 0 radical (unpaired) electrons. The molecule has 0 spiro atoms. The van der Waals surface area contributed by atoms with Crippen LogP contribution >= 0.6 is 11.3 Å². The number of nitrogens with zero attached hydrogens (tertiary/aromatic N) is 3. The van der Waals surface area contributed by atoms with Gasteiger partial charge in [0.25, 0.3) is 11.5 Å². The molecule has 0 aliphatic carbocycles. The first-order valence-electron chi connectivity index (χ1n) is 9.28. The smallest absolute Gasteiger partial charge is 0.341 e. The number of ether oxygens (including phenoxy) is 2. The number of thiophene rings is 1. The summed E-state index contributed by atoms with van der Waals surface area (Å²) in [5, 5.41) is 11.0. The maximum Gasteiger partial charge on any atom is 0.341 e. The number of benzene rings is 1. The van der Waals surface area contributed by atoms with Crippen LogP contribution in [0.15, 0.2) is 29.1 Å². The van der Waals surface area contributed by atoms with Crippen molar-refractivity contribution >= 4 is 45.1 Å². The molecule has 0 saturated heterocycles. The topological polar surface area (TPSA) is 129 Å². The fourth-order valence-corrected chi connectivity index (χ4v) is 3.88. The highest BCUT2D eigenvalue weighted by Crippen LogP contribution is 2.32. The van der Waals surface area contributed by atoms with Crippen LogP contribution in [0.2, 0.25) is 0 Å². The lowest BCUT2D eigenvalue weighted by Gasteiger charge is -2.08. The normalized spacial score (nSPS) is 10.7. The zero-order valence-electron chi connectivity index (χ0n) is 17.1. The molecule has 31 heavy (non-hydrogen) atoms. The summed E-state index contributed by atoms with van der Waals surface area (Å²) in [6, 6.07) is 6.76. The van der Waals surface area contributed by atoms with Gasteiger partial charge in [-0.25, -0.2) is 9.48 Å². The summed E-state index contributed by atoms with van der Waals surface area (Å²) < 4.78 is 10.8. The Morgan fingerprint density at radius 2 is 1.94 bits per heavy atom. The Labute approximate surface area is 180 Å². The van der Waals surface area contributed by atoms with Gasteiger partial charge in [-0.05, 0) is 31.5 Å². The van der Waals surface area contributed by atoms with Crippen molar-refractivity contribution in [2.45, 2.75) is 26.8 Å². The number of hydrogen-bond acceptors (Lipinski definition) is 9. The Kier molecular flexibility index (Phi) is 6.75. The molecule has 0 fully saturated rings. The number of hydrogen-bond donors (Lipinski definition) is 1. The van der Waals surface area contributed by atoms with Crippen molar-refractivity contribution in [2.75, 3.05) is 19.0 Å². The molecule has 0 saturated carbocycles. The maximum absolute atomic E-state index is 12.4. The third-order valence-electron chi connectivity index (χ3n) is 4.55. The number of carbonyl (C=O) groups excluding carboxylic acids is 3. The molecule has 1 amide bonds. The van der Waals surface area contributed by atoms with Crippen molar-refractivity contribution in [1.29, 1.82) is 0 Å². The van der Waals surface area contributed by atoms with E-state index < -0.39 is 24.5 Å². The molecule has 3 aromatic rings. The van der Waals surface area contributed by atoms with Crippen LogP contribution in [0.1, 0.15) is 27.2 Å². The lowest BCUT2D eigenvalue weighted by molar-refractivity contribution is -0.147. The standard InChI is InChI=1S/C20H20N4O6S/c1-11-12(2)31-18(17(11)20(28)29-3)21-15(25)10-30-16(26)8-9-24-19(27)13-6-4-5-7-14(13)22-23-24/h4-7H,8-10H2,1-3H3,(H,21,25). The molecule has 2 heterocycles. The van der Waals surface area contributed by atoms with Crippen molar-refractivity contribution < 1.29 is 23.9 Å². The second kappa shape index (κ2) is 9.47. The van der Waals surface area contributed by atoms with Crippen molar-refractivity contribution in [3.63, 3.8) is 0 Å². The van der Waals surface area contributed by atoms with Gasteiger partial charge in [0.2, 0.25) is 0 Å². The predicted molar refractivity (Wildman–Crippen MR) is 113 cm³/mol. The molecule has 0 atom stereocenters. The van der Waals surface area contributed by atoms with Gasteiger partial charge in [-0.2, -0.15) is 0 Å². The number of aryl methyl sites for hydroxylation is 2. The Balaban J connectivity index is 1.55. The minimum Gasteiger partial charge on any atom is -0.465 e. The van der Waals surface area contributed by atoms with Crippen molar-refractivity contribution in [2.24, 2.45) is 0 Å². The van der Waals surface area contributed by atoms with E-state index in [0.29, 0.717) is 21.5 Å². The molecule has 0 bridgehead atoms. The van der Waals surface area contributed by atoms with Crippen LogP contribution in [0, 0.1) is 13.8 Å². The van der Waals surface area contributed by atoms with Crippen LogP contribution in [0.25, 0.3) is 10.9 Å². The number of nitrogens with one attached hydrogen (secondary N) is 1. The minimum absolute atomic E-state index is 0.0348. The third kappa shape index (κ3) is 4.94. The molecular formula is C20H20N4O6S.